The van der Waals surface area contributed by atoms with Crippen molar-refractivity contribution in [1.82, 2.24) is 5.32 Å². The van der Waals surface area contributed by atoms with Crippen molar-refractivity contribution in [2.75, 3.05) is 32.1 Å². The Labute approximate surface area is 127 Å². The minimum atomic E-state index is -0.409. The van der Waals surface area contributed by atoms with Crippen LogP contribution in [0, 0.1) is 5.41 Å². The van der Waals surface area contributed by atoms with Crippen molar-refractivity contribution >= 4 is 11.6 Å². The van der Waals surface area contributed by atoms with E-state index in [0.717, 1.165) is 31.6 Å². The summed E-state index contributed by atoms with van der Waals surface area (Å²) in [5, 5.41) is 6.39. The van der Waals surface area contributed by atoms with Gasteiger partial charge in [-0.15, -0.1) is 0 Å². The molecular formula is C17H26N2O2. The Kier molecular flexibility index (Phi) is 5.37. The number of piperidine rings is 1. The zero-order chi connectivity index (χ0) is 15.3. The van der Waals surface area contributed by atoms with Gasteiger partial charge in [-0.3, -0.25) is 4.79 Å². The van der Waals surface area contributed by atoms with E-state index in [1.807, 2.05) is 12.1 Å². The Bertz CT molecular complexity index is 474. The average molecular weight is 290 g/mol. The maximum Gasteiger partial charge on any atom is 0.233 e. The predicted molar refractivity (Wildman–Crippen MR) is 85.6 cm³/mol. The molecule has 21 heavy (non-hydrogen) atoms. The van der Waals surface area contributed by atoms with Crippen LogP contribution in [0.4, 0.5) is 5.69 Å². The smallest absolute Gasteiger partial charge is 0.233 e. The van der Waals surface area contributed by atoms with Gasteiger partial charge in [0.1, 0.15) is 0 Å². The number of rotatable bonds is 5. The van der Waals surface area contributed by atoms with Gasteiger partial charge >= 0.3 is 0 Å². The van der Waals surface area contributed by atoms with Gasteiger partial charge in [-0.1, -0.05) is 26.0 Å². The maximum absolute atomic E-state index is 12.7. The third-order valence-corrected chi connectivity index (χ3v) is 4.27. The van der Waals surface area contributed by atoms with Gasteiger partial charge in [0.25, 0.3) is 0 Å². The first-order valence-corrected chi connectivity index (χ1v) is 7.68. The van der Waals surface area contributed by atoms with Crippen LogP contribution in [-0.4, -0.2) is 32.7 Å². The molecule has 0 atom stereocenters. The Morgan fingerprint density at radius 3 is 2.71 bits per heavy atom. The summed E-state index contributed by atoms with van der Waals surface area (Å²) in [6.07, 6.45) is 1.63. The van der Waals surface area contributed by atoms with Crippen LogP contribution in [0.5, 0.6) is 0 Å². The zero-order valence-electron chi connectivity index (χ0n) is 13.2. The summed E-state index contributed by atoms with van der Waals surface area (Å²) < 4.78 is 5.32. The van der Waals surface area contributed by atoms with E-state index in [2.05, 4.69) is 36.6 Å². The molecule has 1 aliphatic rings. The highest BCUT2D eigenvalue weighted by Gasteiger charge is 2.39. The summed E-state index contributed by atoms with van der Waals surface area (Å²) in [5.41, 5.74) is 1.70. The van der Waals surface area contributed by atoms with E-state index in [0.29, 0.717) is 12.5 Å². The summed E-state index contributed by atoms with van der Waals surface area (Å²) >= 11 is 0. The number of carbonyl (C=O) groups is 1. The highest BCUT2D eigenvalue weighted by molar-refractivity contribution is 5.95. The van der Waals surface area contributed by atoms with Gasteiger partial charge in [-0.2, -0.15) is 0 Å². The lowest BCUT2D eigenvalue weighted by Gasteiger charge is -2.35. The fourth-order valence-electron chi connectivity index (χ4n) is 2.86. The second-order valence-electron chi connectivity index (χ2n) is 6.20. The van der Waals surface area contributed by atoms with Crippen molar-refractivity contribution < 1.29 is 9.53 Å². The molecule has 2 rings (SSSR count). The fourth-order valence-corrected chi connectivity index (χ4v) is 2.86. The largest absolute Gasteiger partial charge is 0.384 e. The average Bonchev–Trinajstić information content (AvgIpc) is 2.48. The number of amides is 1. The van der Waals surface area contributed by atoms with Crippen molar-refractivity contribution in [3.63, 3.8) is 0 Å². The van der Waals surface area contributed by atoms with Gasteiger partial charge in [0.05, 0.1) is 12.0 Å². The van der Waals surface area contributed by atoms with Gasteiger partial charge in [-0.05, 0) is 49.5 Å². The summed E-state index contributed by atoms with van der Waals surface area (Å²) in [6.45, 7) is 6.51. The molecule has 0 spiro atoms. The molecule has 1 saturated heterocycles. The molecule has 0 aliphatic carbocycles. The quantitative estimate of drug-likeness (QED) is 0.876. The summed E-state index contributed by atoms with van der Waals surface area (Å²) in [4.78, 5) is 12.7. The molecule has 1 aliphatic heterocycles. The van der Waals surface area contributed by atoms with E-state index in [9.17, 15) is 4.79 Å². The number of hydrogen-bond donors (Lipinski definition) is 2. The van der Waals surface area contributed by atoms with Crippen LogP contribution in [-0.2, 0) is 9.53 Å². The van der Waals surface area contributed by atoms with Gasteiger partial charge in [0.15, 0.2) is 0 Å². The Morgan fingerprint density at radius 2 is 2.10 bits per heavy atom. The minimum absolute atomic E-state index is 0.0757. The van der Waals surface area contributed by atoms with E-state index in [4.69, 9.17) is 4.74 Å². The van der Waals surface area contributed by atoms with Crippen LogP contribution in [0.25, 0.3) is 0 Å². The van der Waals surface area contributed by atoms with E-state index < -0.39 is 5.41 Å². The Morgan fingerprint density at radius 1 is 1.38 bits per heavy atom. The van der Waals surface area contributed by atoms with Crippen molar-refractivity contribution in [2.45, 2.75) is 32.6 Å². The molecule has 116 valence electrons. The van der Waals surface area contributed by atoms with Gasteiger partial charge < -0.3 is 15.4 Å². The number of ether oxygens (including phenoxy) is 1. The number of carbonyl (C=O) groups excluding carboxylic acids is 1. The van der Waals surface area contributed by atoms with Crippen LogP contribution in [0.15, 0.2) is 24.3 Å². The highest BCUT2D eigenvalue weighted by Crippen LogP contribution is 2.31. The molecule has 1 amide bonds. The van der Waals surface area contributed by atoms with Crippen LogP contribution >= 0.6 is 0 Å². The topological polar surface area (TPSA) is 50.4 Å². The van der Waals surface area contributed by atoms with Crippen LogP contribution in [0.3, 0.4) is 0 Å². The van der Waals surface area contributed by atoms with E-state index >= 15 is 0 Å². The third kappa shape index (κ3) is 3.83. The molecule has 1 heterocycles. The predicted octanol–water partition coefficient (Wildman–Crippen LogP) is 2.76. The number of anilines is 1. The lowest BCUT2D eigenvalue weighted by atomic mass is 9.78. The van der Waals surface area contributed by atoms with Gasteiger partial charge in [-0.25, -0.2) is 0 Å². The van der Waals surface area contributed by atoms with Crippen LogP contribution in [0.2, 0.25) is 0 Å². The fraction of sp³-hybridized carbons (Fsp3) is 0.588. The Hall–Kier alpha value is -1.39. The molecule has 0 radical (unpaired) electrons. The molecule has 4 nitrogen and oxygen atoms in total. The molecule has 0 bridgehead atoms. The first-order valence-electron chi connectivity index (χ1n) is 7.68. The van der Waals surface area contributed by atoms with Crippen molar-refractivity contribution in [3.05, 3.63) is 29.8 Å². The van der Waals surface area contributed by atoms with E-state index in [-0.39, 0.29) is 5.91 Å². The Balaban J connectivity index is 2.13. The third-order valence-electron chi connectivity index (χ3n) is 4.27. The minimum Gasteiger partial charge on any atom is -0.384 e. The van der Waals surface area contributed by atoms with E-state index in [1.54, 1.807) is 7.11 Å². The van der Waals surface area contributed by atoms with E-state index in [1.165, 1.54) is 5.56 Å². The van der Waals surface area contributed by atoms with Crippen molar-refractivity contribution in [2.24, 2.45) is 5.41 Å². The second-order valence-corrected chi connectivity index (χ2v) is 6.20. The van der Waals surface area contributed by atoms with Crippen molar-refractivity contribution in [1.29, 1.82) is 0 Å². The molecule has 2 N–H and O–H groups in total. The molecule has 0 unspecified atom stereocenters. The van der Waals surface area contributed by atoms with Crippen LogP contribution < -0.4 is 10.6 Å². The lowest BCUT2D eigenvalue weighted by Crippen LogP contribution is -2.47. The number of benzene rings is 1. The number of methoxy groups -OCH3 is 1. The van der Waals surface area contributed by atoms with Gasteiger partial charge in [0, 0.05) is 12.8 Å². The molecule has 1 aromatic carbocycles. The monoisotopic (exact) mass is 290 g/mol. The summed E-state index contributed by atoms with van der Waals surface area (Å²) in [7, 11) is 1.66. The summed E-state index contributed by atoms with van der Waals surface area (Å²) in [5.74, 6) is 0.528. The van der Waals surface area contributed by atoms with Crippen molar-refractivity contribution in [3.8, 4) is 0 Å². The zero-order valence-corrected chi connectivity index (χ0v) is 13.2. The first kappa shape index (κ1) is 16.0. The summed E-state index contributed by atoms with van der Waals surface area (Å²) in [6, 6.07) is 8.10. The number of hydrogen-bond acceptors (Lipinski definition) is 3. The highest BCUT2D eigenvalue weighted by atomic mass is 16.5. The molecule has 0 aromatic heterocycles. The standard InChI is InChI=1S/C17H26N2O2/c1-13(2)14-5-4-6-15(11-14)19-16(20)17(12-21-3)7-9-18-10-8-17/h4-6,11,13,18H,7-10,12H2,1-3H3,(H,19,20). The SMILES string of the molecule is COCC1(C(=O)Nc2cccc(C(C)C)c2)CCNCC1. The molecular weight excluding hydrogens is 264 g/mol. The molecule has 4 heteroatoms. The van der Waals surface area contributed by atoms with Crippen LogP contribution in [0.1, 0.15) is 38.2 Å². The molecule has 1 fully saturated rings. The molecule has 0 saturated carbocycles. The second kappa shape index (κ2) is 7.05. The first-order chi connectivity index (χ1) is 10.1. The number of nitrogens with one attached hydrogen (secondary N) is 2. The normalized spacial score (nSPS) is 17.7. The van der Waals surface area contributed by atoms with Gasteiger partial charge in [0.2, 0.25) is 5.91 Å². The lowest BCUT2D eigenvalue weighted by molar-refractivity contribution is -0.130. The maximum atomic E-state index is 12.7. The molecule has 1 aromatic rings.